The molecule has 134 valence electrons. The highest BCUT2D eigenvalue weighted by Crippen LogP contribution is 2.50. The van der Waals surface area contributed by atoms with Gasteiger partial charge in [-0.05, 0) is 30.5 Å². The number of nitrogens with zero attached hydrogens (tertiary/aromatic N) is 2. The van der Waals surface area contributed by atoms with Crippen molar-refractivity contribution in [3.05, 3.63) is 75.0 Å². The van der Waals surface area contributed by atoms with Gasteiger partial charge in [0.25, 0.3) is 0 Å². The number of aromatic nitrogens is 1. The first-order valence-corrected chi connectivity index (χ1v) is 9.62. The van der Waals surface area contributed by atoms with Crippen LogP contribution in [0.4, 0.5) is 0 Å². The molecular weight excluding hydrogens is 439 g/mol. The zero-order chi connectivity index (χ0) is 17.2. The van der Waals surface area contributed by atoms with Crippen LogP contribution in [0.2, 0.25) is 10.0 Å². The summed E-state index contributed by atoms with van der Waals surface area (Å²) in [6.07, 6.45) is 7.17. The molecule has 25 heavy (non-hydrogen) atoms. The fourth-order valence-electron chi connectivity index (χ4n) is 3.30. The quantitative estimate of drug-likeness (QED) is 0.459. The van der Waals surface area contributed by atoms with Gasteiger partial charge in [0.05, 0.1) is 16.6 Å². The number of allylic oxidation sites excluding steroid dienone is 1. The van der Waals surface area contributed by atoms with Crippen LogP contribution in [0.25, 0.3) is 0 Å². The van der Waals surface area contributed by atoms with Gasteiger partial charge < -0.3 is 4.57 Å². The molecule has 1 saturated carbocycles. The highest BCUT2D eigenvalue weighted by atomic mass is 79.9. The predicted octanol–water partition coefficient (Wildman–Crippen LogP) is 6.18. The Morgan fingerprint density at radius 1 is 1.20 bits per heavy atom. The summed E-state index contributed by atoms with van der Waals surface area (Å²) in [7, 11) is 0. The summed E-state index contributed by atoms with van der Waals surface area (Å²) >= 11 is 14.1. The summed E-state index contributed by atoms with van der Waals surface area (Å²) in [5.74, 6) is 0. The Kier molecular flexibility index (Phi) is 7.15. The van der Waals surface area contributed by atoms with Gasteiger partial charge in [0, 0.05) is 23.0 Å². The third-order valence-corrected chi connectivity index (χ3v) is 6.28. The molecule has 0 atom stereocenters. The highest BCUT2D eigenvalue weighted by Gasteiger charge is 2.43. The van der Waals surface area contributed by atoms with Crippen molar-refractivity contribution < 1.29 is 0 Å². The second-order valence-electron chi connectivity index (χ2n) is 6.00. The summed E-state index contributed by atoms with van der Waals surface area (Å²) in [6, 6.07) is 6.01. The van der Waals surface area contributed by atoms with E-state index < -0.39 is 0 Å². The fraction of sp³-hybridized carbons (Fsp3) is 0.316. The maximum absolute atomic E-state index is 6.28. The van der Waals surface area contributed by atoms with Crippen LogP contribution < -0.4 is 4.80 Å². The van der Waals surface area contributed by atoms with E-state index in [9.17, 15) is 0 Å². The van der Waals surface area contributed by atoms with E-state index in [4.69, 9.17) is 23.2 Å². The molecule has 1 fully saturated rings. The Hall–Kier alpha value is -0.810. The van der Waals surface area contributed by atoms with Crippen molar-refractivity contribution in [1.29, 1.82) is 0 Å². The molecule has 1 aromatic heterocycles. The van der Waals surface area contributed by atoms with Crippen molar-refractivity contribution in [2.75, 3.05) is 6.54 Å². The average molecular weight is 460 g/mol. The van der Waals surface area contributed by atoms with E-state index in [-0.39, 0.29) is 22.4 Å². The topological polar surface area (TPSA) is 17.3 Å². The minimum Gasteiger partial charge on any atom is -0.316 e. The van der Waals surface area contributed by atoms with Crippen molar-refractivity contribution in [2.45, 2.75) is 31.2 Å². The monoisotopic (exact) mass is 458 g/mol. The van der Waals surface area contributed by atoms with Gasteiger partial charge in [-0.2, -0.15) is 0 Å². The van der Waals surface area contributed by atoms with E-state index in [0.717, 1.165) is 24.2 Å². The summed E-state index contributed by atoms with van der Waals surface area (Å²) in [4.78, 5) is 5.64. The van der Waals surface area contributed by atoms with Gasteiger partial charge in [0.15, 0.2) is 4.80 Å². The smallest absolute Gasteiger partial charge is 0.185 e. The Morgan fingerprint density at radius 2 is 1.96 bits per heavy atom. The highest BCUT2D eigenvalue weighted by molar-refractivity contribution is 8.93. The SMILES string of the molecule is Br.C=CCN=c1scc(C2(c3ccc(Cl)c(Cl)c3)CCC2)n1CC=C. The number of benzene rings is 1. The molecule has 1 aromatic carbocycles. The Bertz CT molecular complexity index is 834. The van der Waals surface area contributed by atoms with Gasteiger partial charge >= 0.3 is 0 Å². The lowest BCUT2D eigenvalue weighted by atomic mass is 9.62. The summed E-state index contributed by atoms with van der Waals surface area (Å²) in [5, 5.41) is 3.44. The lowest BCUT2D eigenvalue weighted by Gasteiger charge is -2.43. The first-order valence-electron chi connectivity index (χ1n) is 7.99. The van der Waals surface area contributed by atoms with Crippen molar-refractivity contribution in [3.8, 4) is 0 Å². The first-order chi connectivity index (χ1) is 11.6. The van der Waals surface area contributed by atoms with Crippen molar-refractivity contribution >= 4 is 51.5 Å². The normalized spacial score (nSPS) is 16.0. The Labute approximate surface area is 173 Å². The molecular formula is C19H21BrCl2N2S. The van der Waals surface area contributed by atoms with Crippen LogP contribution in [-0.2, 0) is 12.0 Å². The van der Waals surface area contributed by atoms with Crippen molar-refractivity contribution in [2.24, 2.45) is 4.99 Å². The molecule has 6 heteroatoms. The van der Waals surface area contributed by atoms with E-state index in [1.165, 1.54) is 17.7 Å². The summed E-state index contributed by atoms with van der Waals surface area (Å²) in [6.45, 7) is 9.03. The van der Waals surface area contributed by atoms with Crippen LogP contribution >= 0.6 is 51.5 Å². The molecule has 3 rings (SSSR count). The second kappa shape index (κ2) is 8.72. The maximum Gasteiger partial charge on any atom is 0.185 e. The van der Waals surface area contributed by atoms with Crippen molar-refractivity contribution in [3.63, 3.8) is 0 Å². The molecule has 0 saturated heterocycles. The van der Waals surface area contributed by atoms with Crippen LogP contribution in [0.3, 0.4) is 0 Å². The van der Waals surface area contributed by atoms with E-state index in [2.05, 4.69) is 34.2 Å². The molecule has 2 aromatic rings. The van der Waals surface area contributed by atoms with Gasteiger partial charge in [0.2, 0.25) is 0 Å². The van der Waals surface area contributed by atoms with E-state index >= 15 is 0 Å². The Morgan fingerprint density at radius 3 is 2.52 bits per heavy atom. The van der Waals surface area contributed by atoms with Gasteiger partial charge in [-0.3, -0.25) is 4.99 Å². The van der Waals surface area contributed by atoms with Crippen LogP contribution in [0.1, 0.15) is 30.5 Å². The molecule has 0 bridgehead atoms. The summed E-state index contributed by atoms with van der Waals surface area (Å²) in [5.41, 5.74) is 2.52. The zero-order valence-corrected chi connectivity index (χ0v) is 17.9. The van der Waals surface area contributed by atoms with E-state index in [1.54, 1.807) is 11.3 Å². The largest absolute Gasteiger partial charge is 0.316 e. The fourth-order valence-corrected chi connectivity index (χ4v) is 4.61. The molecule has 0 amide bonds. The third kappa shape index (κ3) is 3.82. The standard InChI is InChI=1S/C19H20Cl2N2S.BrH/c1-3-10-22-18-23(11-4-2)17(13-24-18)19(8-5-9-19)14-6-7-15(20)16(21)12-14;/h3-4,6-7,12-13H,1-2,5,8-11H2;1H. The summed E-state index contributed by atoms with van der Waals surface area (Å²) < 4.78 is 2.27. The van der Waals surface area contributed by atoms with Gasteiger partial charge in [-0.25, -0.2) is 0 Å². The van der Waals surface area contributed by atoms with E-state index in [1.807, 2.05) is 24.3 Å². The molecule has 0 aliphatic heterocycles. The van der Waals surface area contributed by atoms with Crippen LogP contribution in [-0.4, -0.2) is 11.1 Å². The van der Waals surface area contributed by atoms with E-state index in [0.29, 0.717) is 16.6 Å². The van der Waals surface area contributed by atoms with Gasteiger partial charge in [-0.1, -0.05) is 47.8 Å². The number of halogens is 3. The minimum atomic E-state index is -0.00428. The third-order valence-electron chi connectivity index (χ3n) is 4.63. The lowest BCUT2D eigenvalue weighted by Crippen LogP contribution is -2.39. The average Bonchev–Trinajstić information content (AvgIpc) is 2.91. The van der Waals surface area contributed by atoms with Crippen LogP contribution in [0, 0.1) is 0 Å². The van der Waals surface area contributed by atoms with Crippen LogP contribution in [0.5, 0.6) is 0 Å². The van der Waals surface area contributed by atoms with Gasteiger partial charge in [0.1, 0.15) is 0 Å². The zero-order valence-electron chi connectivity index (χ0n) is 13.9. The molecule has 0 unspecified atom stereocenters. The molecule has 1 aliphatic carbocycles. The van der Waals surface area contributed by atoms with Crippen LogP contribution in [0.15, 0.2) is 53.9 Å². The number of hydrogen-bond donors (Lipinski definition) is 0. The minimum absolute atomic E-state index is 0. The first kappa shape index (κ1) is 20.5. The second-order valence-corrected chi connectivity index (χ2v) is 7.65. The maximum atomic E-state index is 6.28. The molecule has 1 heterocycles. The Balaban J connectivity index is 0.00000225. The lowest BCUT2D eigenvalue weighted by molar-refractivity contribution is 0.284. The predicted molar refractivity (Wildman–Crippen MR) is 115 cm³/mol. The molecule has 0 radical (unpaired) electrons. The molecule has 2 nitrogen and oxygen atoms in total. The molecule has 1 aliphatic rings. The van der Waals surface area contributed by atoms with Gasteiger partial charge in [-0.15, -0.1) is 41.5 Å². The number of thiazole rings is 1. The van der Waals surface area contributed by atoms with Crippen molar-refractivity contribution in [1.82, 2.24) is 4.57 Å². The molecule has 0 N–H and O–H groups in total. The number of hydrogen-bond acceptors (Lipinski definition) is 2. The molecule has 0 spiro atoms. The number of rotatable bonds is 6.